The van der Waals surface area contributed by atoms with Crippen molar-refractivity contribution in [1.29, 1.82) is 0 Å². The zero-order valence-electron chi connectivity index (χ0n) is 10.4. The summed E-state index contributed by atoms with van der Waals surface area (Å²) in [5, 5.41) is 19.8. The minimum absolute atomic E-state index is 0.0454. The number of rotatable bonds is 4. The average molecular weight is 254 g/mol. The first-order chi connectivity index (χ1) is 8.54. The number of allylic oxidation sites excluding steroid dienone is 1. The van der Waals surface area contributed by atoms with E-state index in [1.54, 1.807) is 6.92 Å². The minimum atomic E-state index is -1.05. The Balaban J connectivity index is 2.10. The molecular weight excluding hydrogens is 236 g/mol. The van der Waals surface area contributed by atoms with Gasteiger partial charge in [0.1, 0.15) is 5.76 Å². The van der Waals surface area contributed by atoms with Gasteiger partial charge in [0, 0.05) is 12.3 Å². The summed E-state index contributed by atoms with van der Waals surface area (Å²) in [6.45, 7) is 1.97. The molecule has 2 aliphatic carbocycles. The molecule has 1 fully saturated rings. The van der Waals surface area contributed by atoms with E-state index in [0.29, 0.717) is 0 Å². The van der Waals surface area contributed by atoms with Gasteiger partial charge in [-0.3, -0.25) is 9.59 Å². The number of ketones is 1. The number of ether oxygens (including phenoxy) is 1. The summed E-state index contributed by atoms with van der Waals surface area (Å²) in [5.41, 5.74) is 0.109. The topological polar surface area (TPSA) is 83.8 Å². The second-order valence-corrected chi connectivity index (χ2v) is 4.90. The van der Waals surface area contributed by atoms with Crippen LogP contribution in [0.15, 0.2) is 11.3 Å². The number of aliphatic hydroxyl groups is 2. The zero-order chi connectivity index (χ0) is 13.3. The first-order valence-corrected chi connectivity index (χ1v) is 6.35. The van der Waals surface area contributed by atoms with Gasteiger partial charge in [-0.1, -0.05) is 0 Å². The van der Waals surface area contributed by atoms with Crippen molar-refractivity contribution in [3.05, 3.63) is 11.3 Å². The Kier molecular flexibility index (Phi) is 3.71. The van der Waals surface area contributed by atoms with Crippen molar-refractivity contribution in [1.82, 2.24) is 0 Å². The molecule has 0 amide bonds. The van der Waals surface area contributed by atoms with Crippen LogP contribution in [-0.4, -0.2) is 34.7 Å². The summed E-state index contributed by atoms with van der Waals surface area (Å²) < 4.78 is 4.86. The molecule has 0 heterocycles. The maximum absolute atomic E-state index is 11.9. The molecule has 0 saturated heterocycles. The number of hydrogen-bond donors (Lipinski definition) is 2. The maximum Gasteiger partial charge on any atom is 0.309 e. The Labute approximate surface area is 105 Å². The third kappa shape index (κ3) is 2.56. The lowest BCUT2D eigenvalue weighted by Gasteiger charge is -2.26. The minimum Gasteiger partial charge on any atom is -0.512 e. The summed E-state index contributed by atoms with van der Waals surface area (Å²) in [6.07, 6.45) is 0.828. The Morgan fingerprint density at radius 2 is 2.00 bits per heavy atom. The molecule has 2 atom stereocenters. The SMILES string of the molecule is CCOC(=O)C1CC(O)=C(C(=O)C2CC2)C(O)C1. The average Bonchev–Trinajstić information content (AvgIpc) is 3.11. The highest BCUT2D eigenvalue weighted by Gasteiger charge is 2.40. The van der Waals surface area contributed by atoms with Crippen LogP contribution in [0.25, 0.3) is 0 Å². The third-order valence-corrected chi connectivity index (χ3v) is 3.43. The van der Waals surface area contributed by atoms with Crippen LogP contribution in [0.5, 0.6) is 0 Å². The molecule has 0 aromatic rings. The Bertz CT molecular complexity index is 394. The molecule has 0 aromatic carbocycles. The van der Waals surface area contributed by atoms with Gasteiger partial charge in [0.15, 0.2) is 5.78 Å². The molecular formula is C13H18O5. The van der Waals surface area contributed by atoms with Crippen molar-refractivity contribution in [3.63, 3.8) is 0 Å². The van der Waals surface area contributed by atoms with Crippen LogP contribution in [0.3, 0.4) is 0 Å². The maximum atomic E-state index is 11.9. The largest absolute Gasteiger partial charge is 0.512 e. The van der Waals surface area contributed by atoms with Gasteiger partial charge in [-0.15, -0.1) is 0 Å². The summed E-state index contributed by atoms with van der Waals surface area (Å²) in [5.74, 6) is -1.35. The Morgan fingerprint density at radius 3 is 2.50 bits per heavy atom. The standard InChI is InChI=1S/C13H18O5/c1-2-18-13(17)8-5-9(14)11(10(15)6-8)12(16)7-3-4-7/h7-9,14-15H,2-6H2,1H3. The lowest BCUT2D eigenvalue weighted by molar-refractivity contribution is -0.149. The van der Waals surface area contributed by atoms with Gasteiger partial charge in [-0.25, -0.2) is 0 Å². The van der Waals surface area contributed by atoms with E-state index in [2.05, 4.69) is 0 Å². The highest BCUT2D eigenvalue weighted by atomic mass is 16.5. The van der Waals surface area contributed by atoms with Crippen molar-refractivity contribution in [2.24, 2.45) is 11.8 Å². The molecule has 5 heteroatoms. The molecule has 100 valence electrons. The number of carbonyl (C=O) groups is 2. The summed E-state index contributed by atoms with van der Waals surface area (Å²) in [6, 6.07) is 0. The number of Topliss-reactive ketones (excluding diaryl/α,β-unsaturated/α-hetero) is 1. The molecule has 0 spiro atoms. The van der Waals surface area contributed by atoms with Gasteiger partial charge in [0.05, 0.1) is 24.2 Å². The van der Waals surface area contributed by atoms with Gasteiger partial charge < -0.3 is 14.9 Å². The summed E-state index contributed by atoms with van der Waals surface area (Å²) in [7, 11) is 0. The van der Waals surface area contributed by atoms with Crippen LogP contribution >= 0.6 is 0 Å². The van der Waals surface area contributed by atoms with E-state index in [4.69, 9.17) is 4.74 Å². The first-order valence-electron chi connectivity index (χ1n) is 6.35. The molecule has 1 saturated carbocycles. The molecule has 0 bridgehead atoms. The predicted molar refractivity (Wildman–Crippen MR) is 62.7 cm³/mol. The van der Waals surface area contributed by atoms with Gasteiger partial charge in [0.2, 0.25) is 0 Å². The number of esters is 1. The normalized spacial score (nSPS) is 28.1. The highest BCUT2D eigenvalue weighted by Crippen LogP contribution is 2.38. The molecule has 18 heavy (non-hydrogen) atoms. The van der Waals surface area contributed by atoms with Crippen molar-refractivity contribution in [2.45, 2.75) is 38.7 Å². The van der Waals surface area contributed by atoms with Crippen LogP contribution in [0.4, 0.5) is 0 Å². The monoisotopic (exact) mass is 254 g/mol. The van der Waals surface area contributed by atoms with Crippen LogP contribution in [0, 0.1) is 11.8 Å². The van der Waals surface area contributed by atoms with Gasteiger partial charge in [0.25, 0.3) is 0 Å². The molecule has 5 nitrogen and oxygen atoms in total. The highest BCUT2D eigenvalue weighted by molar-refractivity contribution is 6.00. The summed E-state index contributed by atoms with van der Waals surface area (Å²) >= 11 is 0. The van der Waals surface area contributed by atoms with Crippen molar-refractivity contribution < 1.29 is 24.5 Å². The van der Waals surface area contributed by atoms with E-state index in [9.17, 15) is 19.8 Å². The third-order valence-electron chi connectivity index (χ3n) is 3.43. The van der Waals surface area contributed by atoms with Gasteiger partial charge >= 0.3 is 5.97 Å². The van der Waals surface area contributed by atoms with E-state index in [-0.39, 0.29) is 42.5 Å². The van der Waals surface area contributed by atoms with Crippen LogP contribution < -0.4 is 0 Å². The summed E-state index contributed by atoms with van der Waals surface area (Å²) in [4.78, 5) is 23.4. The lowest BCUT2D eigenvalue weighted by Crippen LogP contribution is -2.33. The lowest BCUT2D eigenvalue weighted by atomic mass is 9.83. The molecule has 0 radical (unpaired) electrons. The van der Waals surface area contributed by atoms with Crippen molar-refractivity contribution >= 4 is 11.8 Å². The molecule has 0 aliphatic heterocycles. The van der Waals surface area contributed by atoms with E-state index < -0.39 is 18.0 Å². The molecule has 2 aliphatic rings. The molecule has 2 rings (SSSR count). The van der Waals surface area contributed by atoms with Crippen molar-refractivity contribution in [3.8, 4) is 0 Å². The van der Waals surface area contributed by atoms with Crippen LogP contribution in [0.1, 0.15) is 32.6 Å². The van der Waals surface area contributed by atoms with Crippen LogP contribution in [-0.2, 0) is 14.3 Å². The quantitative estimate of drug-likeness (QED) is 0.734. The predicted octanol–water partition coefficient (Wildman–Crippen LogP) is 1.11. The first kappa shape index (κ1) is 13.1. The number of hydrogen-bond acceptors (Lipinski definition) is 5. The smallest absolute Gasteiger partial charge is 0.309 e. The Hall–Kier alpha value is -1.36. The fraction of sp³-hybridized carbons (Fsp3) is 0.692. The molecule has 0 aromatic heterocycles. The van der Waals surface area contributed by atoms with E-state index in [1.807, 2.05) is 0 Å². The Morgan fingerprint density at radius 1 is 1.33 bits per heavy atom. The van der Waals surface area contributed by atoms with Gasteiger partial charge in [-0.2, -0.15) is 0 Å². The van der Waals surface area contributed by atoms with Gasteiger partial charge in [-0.05, 0) is 26.2 Å². The van der Waals surface area contributed by atoms with E-state index >= 15 is 0 Å². The van der Waals surface area contributed by atoms with Crippen molar-refractivity contribution in [2.75, 3.05) is 6.61 Å². The second-order valence-electron chi connectivity index (χ2n) is 4.90. The molecule has 2 N–H and O–H groups in total. The second kappa shape index (κ2) is 5.10. The van der Waals surface area contributed by atoms with E-state index in [0.717, 1.165) is 12.8 Å². The number of aliphatic hydroxyl groups excluding tert-OH is 2. The fourth-order valence-electron chi connectivity index (χ4n) is 2.32. The fourth-order valence-corrected chi connectivity index (χ4v) is 2.32. The van der Waals surface area contributed by atoms with Crippen LogP contribution in [0.2, 0.25) is 0 Å². The van der Waals surface area contributed by atoms with E-state index in [1.165, 1.54) is 0 Å². The zero-order valence-corrected chi connectivity index (χ0v) is 10.4. The molecule has 2 unspecified atom stereocenters. The number of carbonyl (C=O) groups excluding carboxylic acids is 2.